The lowest BCUT2D eigenvalue weighted by Crippen LogP contribution is -2.62. The van der Waals surface area contributed by atoms with E-state index in [0.29, 0.717) is 23.4 Å². The number of oxazole rings is 1. The molecule has 126 valence electrons. The topological polar surface area (TPSA) is 84.4 Å². The maximum atomic E-state index is 12.5. The number of fused-ring (bicyclic) bond motifs is 3. The number of anilines is 1. The van der Waals surface area contributed by atoms with Crippen molar-refractivity contribution in [1.29, 1.82) is 0 Å². The van der Waals surface area contributed by atoms with Crippen molar-refractivity contribution in [3.05, 3.63) is 36.4 Å². The number of carbonyl (C=O) groups is 1. The van der Waals surface area contributed by atoms with Gasteiger partial charge in [0.2, 0.25) is 0 Å². The molecule has 0 spiro atoms. The van der Waals surface area contributed by atoms with E-state index < -0.39 is 0 Å². The van der Waals surface area contributed by atoms with Gasteiger partial charge in [-0.3, -0.25) is 9.69 Å². The van der Waals surface area contributed by atoms with Gasteiger partial charge in [-0.1, -0.05) is 12.1 Å². The van der Waals surface area contributed by atoms with E-state index in [4.69, 9.17) is 10.2 Å². The van der Waals surface area contributed by atoms with Crippen molar-refractivity contribution >= 4 is 11.6 Å². The average Bonchev–Trinajstić information content (AvgIpc) is 3.09. The Balaban J connectivity index is 1.49. The predicted molar refractivity (Wildman–Crippen MR) is 91.4 cm³/mol. The number of carbonyl (C=O) groups excluding carboxylic acids is 1. The second kappa shape index (κ2) is 5.94. The molecule has 3 N–H and O–H groups in total. The number of nitrogens with one attached hydrogen (secondary N) is 1. The Bertz CT molecular complexity index is 747. The zero-order chi connectivity index (χ0) is 16.7. The van der Waals surface area contributed by atoms with Gasteiger partial charge in [-0.2, -0.15) is 0 Å². The molecule has 1 aromatic heterocycles. The molecule has 3 aliphatic heterocycles. The summed E-state index contributed by atoms with van der Waals surface area (Å²) in [5.41, 5.74) is 7.26. The highest BCUT2D eigenvalue weighted by Gasteiger charge is 2.40. The maximum absolute atomic E-state index is 12.5. The Morgan fingerprint density at radius 3 is 2.88 bits per heavy atom. The van der Waals surface area contributed by atoms with Crippen molar-refractivity contribution in [2.24, 2.45) is 5.92 Å². The monoisotopic (exact) mass is 326 g/mol. The van der Waals surface area contributed by atoms with E-state index in [1.54, 1.807) is 12.3 Å². The molecule has 6 nitrogen and oxygen atoms in total. The van der Waals surface area contributed by atoms with Crippen LogP contribution < -0.4 is 11.1 Å². The van der Waals surface area contributed by atoms with Crippen molar-refractivity contribution in [2.75, 3.05) is 18.8 Å². The summed E-state index contributed by atoms with van der Waals surface area (Å²) in [7, 11) is 0. The van der Waals surface area contributed by atoms with Crippen LogP contribution in [0.3, 0.4) is 0 Å². The summed E-state index contributed by atoms with van der Waals surface area (Å²) in [6.45, 7) is 4.46. The van der Waals surface area contributed by atoms with E-state index in [0.717, 1.165) is 31.5 Å². The quantitative estimate of drug-likeness (QED) is 0.844. The Labute approximate surface area is 141 Å². The number of piperidine rings is 3. The maximum Gasteiger partial charge on any atom is 0.307 e. The second-order valence-electron chi connectivity index (χ2n) is 6.77. The number of benzene rings is 1. The van der Waals surface area contributed by atoms with Gasteiger partial charge in [0.05, 0.1) is 6.20 Å². The lowest BCUT2D eigenvalue weighted by atomic mass is 9.79. The molecule has 5 rings (SSSR count). The van der Waals surface area contributed by atoms with Gasteiger partial charge in [-0.15, -0.1) is 0 Å². The van der Waals surface area contributed by atoms with Crippen molar-refractivity contribution < 1.29 is 9.21 Å². The molecule has 3 fully saturated rings. The summed E-state index contributed by atoms with van der Waals surface area (Å²) in [4.78, 5) is 19.1. The molecule has 6 heteroatoms. The first-order valence-electron chi connectivity index (χ1n) is 8.48. The fourth-order valence-electron chi connectivity index (χ4n) is 3.96. The highest BCUT2D eigenvalue weighted by atomic mass is 16.4. The van der Waals surface area contributed by atoms with E-state index in [1.165, 1.54) is 0 Å². The first-order valence-corrected chi connectivity index (χ1v) is 8.48. The highest BCUT2D eigenvalue weighted by molar-refractivity contribution is 5.90. The third-order valence-corrected chi connectivity index (χ3v) is 5.35. The third kappa shape index (κ3) is 2.67. The van der Waals surface area contributed by atoms with Crippen LogP contribution in [0.1, 0.15) is 30.5 Å². The number of rotatable bonds is 3. The van der Waals surface area contributed by atoms with Crippen molar-refractivity contribution in [2.45, 2.75) is 31.8 Å². The number of amides is 1. The van der Waals surface area contributed by atoms with Crippen LogP contribution in [0.25, 0.3) is 11.3 Å². The Kier molecular flexibility index (Phi) is 3.76. The molecule has 3 saturated heterocycles. The van der Waals surface area contributed by atoms with E-state index in [9.17, 15) is 4.79 Å². The molecular weight excluding hydrogens is 304 g/mol. The molecule has 0 aliphatic carbocycles. The Morgan fingerprint density at radius 1 is 1.38 bits per heavy atom. The molecule has 3 aliphatic rings. The summed E-state index contributed by atoms with van der Waals surface area (Å²) in [5.74, 6) is 0.971. The van der Waals surface area contributed by atoms with Gasteiger partial charge in [-0.05, 0) is 50.9 Å². The van der Waals surface area contributed by atoms with Crippen LogP contribution in [0, 0.1) is 5.92 Å². The Hall–Kier alpha value is -2.34. The SMILES string of the molecule is C[C@H]1[C@H](NC(=O)c2ncc(-c3cccc(N)c3)o2)C2CCN1CC2. The minimum Gasteiger partial charge on any atom is -0.432 e. The zero-order valence-corrected chi connectivity index (χ0v) is 13.7. The molecule has 0 radical (unpaired) electrons. The van der Waals surface area contributed by atoms with Crippen LogP contribution in [-0.4, -0.2) is 41.0 Å². The first-order chi connectivity index (χ1) is 11.6. The lowest BCUT2D eigenvalue weighted by molar-refractivity contribution is 0.0210. The fraction of sp³-hybridized carbons (Fsp3) is 0.444. The van der Waals surface area contributed by atoms with Crippen LogP contribution in [-0.2, 0) is 0 Å². The molecule has 2 atom stereocenters. The molecule has 0 unspecified atom stereocenters. The lowest BCUT2D eigenvalue weighted by Gasteiger charge is -2.49. The van der Waals surface area contributed by atoms with Gasteiger partial charge in [0.25, 0.3) is 5.89 Å². The van der Waals surface area contributed by atoms with E-state index in [1.807, 2.05) is 18.2 Å². The molecule has 2 bridgehead atoms. The summed E-state index contributed by atoms with van der Waals surface area (Å²) in [6, 6.07) is 7.88. The minimum atomic E-state index is -0.240. The van der Waals surface area contributed by atoms with Crippen molar-refractivity contribution in [1.82, 2.24) is 15.2 Å². The number of nitrogen functional groups attached to an aromatic ring is 1. The van der Waals surface area contributed by atoms with E-state index in [-0.39, 0.29) is 17.8 Å². The number of nitrogens with two attached hydrogens (primary N) is 1. The first kappa shape index (κ1) is 15.2. The van der Waals surface area contributed by atoms with Crippen LogP contribution >= 0.6 is 0 Å². The standard InChI is InChI=1S/C18H22N4O2/c1-11-16(12-5-7-22(11)8-6-12)21-17(23)18-20-10-15(24-18)13-3-2-4-14(19)9-13/h2-4,9-12,16H,5-8,19H2,1H3,(H,21,23)/t11-,16-/m0/s1. The number of hydrogen-bond acceptors (Lipinski definition) is 5. The van der Waals surface area contributed by atoms with Gasteiger partial charge < -0.3 is 15.5 Å². The molecule has 1 aromatic carbocycles. The smallest absolute Gasteiger partial charge is 0.307 e. The van der Waals surface area contributed by atoms with Crippen LogP contribution in [0.4, 0.5) is 5.69 Å². The van der Waals surface area contributed by atoms with E-state index >= 15 is 0 Å². The van der Waals surface area contributed by atoms with E-state index in [2.05, 4.69) is 22.1 Å². The third-order valence-electron chi connectivity index (χ3n) is 5.35. The van der Waals surface area contributed by atoms with Gasteiger partial charge >= 0.3 is 5.91 Å². The molecule has 2 aromatic rings. The van der Waals surface area contributed by atoms with Gasteiger partial charge in [0.1, 0.15) is 0 Å². The normalized spacial score (nSPS) is 28.7. The number of aromatic nitrogens is 1. The van der Waals surface area contributed by atoms with Crippen molar-refractivity contribution in [3.8, 4) is 11.3 Å². The van der Waals surface area contributed by atoms with Crippen LogP contribution in [0.2, 0.25) is 0 Å². The Morgan fingerprint density at radius 2 is 2.17 bits per heavy atom. The fourth-order valence-corrected chi connectivity index (χ4v) is 3.96. The highest BCUT2D eigenvalue weighted by Crippen LogP contribution is 2.32. The largest absolute Gasteiger partial charge is 0.432 e. The van der Waals surface area contributed by atoms with Crippen molar-refractivity contribution in [3.63, 3.8) is 0 Å². The second-order valence-corrected chi connectivity index (χ2v) is 6.77. The average molecular weight is 326 g/mol. The minimum absolute atomic E-state index is 0.107. The summed E-state index contributed by atoms with van der Waals surface area (Å²) >= 11 is 0. The molecule has 24 heavy (non-hydrogen) atoms. The molecule has 4 heterocycles. The van der Waals surface area contributed by atoms with Gasteiger partial charge in [0.15, 0.2) is 5.76 Å². The predicted octanol–water partition coefficient (Wildman–Crippen LogP) is 2.14. The molecular formula is C18H22N4O2. The van der Waals surface area contributed by atoms with Crippen LogP contribution in [0.15, 0.2) is 34.9 Å². The van der Waals surface area contributed by atoms with Gasteiger partial charge in [-0.25, -0.2) is 4.98 Å². The summed E-state index contributed by atoms with van der Waals surface area (Å²) in [6.07, 6.45) is 3.87. The summed E-state index contributed by atoms with van der Waals surface area (Å²) in [5, 5.41) is 3.13. The van der Waals surface area contributed by atoms with Gasteiger partial charge in [0, 0.05) is 23.3 Å². The summed E-state index contributed by atoms with van der Waals surface area (Å²) < 4.78 is 5.65. The number of hydrogen-bond donors (Lipinski definition) is 2. The molecule has 1 amide bonds. The number of nitrogens with zero attached hydrogens (tertiary/aromatic N) is 2. The molecule has 0 saturated carbocycles. The van der Waals surface area contributed by atoms with Crippen LogP contribution in [0.5, 0.6) is 0 Å². The zero-order valence-electron chi connectivity index (χ0n) is 13.7.